The van der Waals surface area contributed by atoms with E-state index in [-0.39, 0.29) is 17.7 Å². The fraction of sp³-hybridized carbons (Fsp3) is 0.533. The Balaban J connectivity index is 2.10. The summed E-state index contributed by atoms with van der Waals surface area (Å²) in [6.45, 7) is 2.70. The Bertz CT molecular complexity index is 413. The van der Waals surface area contributed by atoms with Crippen LogP contribution in [0.4, 0.5) is 4.39 Å². The summed E-state index contributed by atoms with van der Waals surface area (Å²) in [6, 6.07) is 6.12. The molecule has 19 heavy (non-hydrogen) atoms. The van der Waals surface area contributed by atoms with Gasteiger partial charge < -0.3 is 9.64 Å². The monoisotopic (exact) mass is 265 g/mol. The Morgan fingerprint density at radius 3 is 2.47 bits per heavy atom. The summed E-state index contributed by atoms with van der Waals surface area (Å²) >= 11 is 0. The Morgan fingerprint density at radius 2 is 1.89 bits per heavy atom. The molecule has 1 fully saturated rings. The van der Waals surface area contributed by atoms with Gasteiger partial charge in [0.2, 0.25) is 0 Å². The van der Waals surface area contributed by atoms with Crippen LogP contribution in [-0.4, -0.2) is 37.6 Å². The van der Waals surface area contributed by atoms with Gasteiger partial charge in [-0.1, -0.05) is 18.6 Å². The molecule has 1 aliphatic heterocycles. The van der Waals surface area contributed by atoms with E-state index in [1.54, 1.807) is 12.1 Å². The van der Waals surface area contributed by atoms with Gasteiger partial charge in [-0.15, -0.1) is 0 Å². The minimum absolute atomic E-state index is 0.253. The molecule has 1 unspecified atom stereocenters. The summed E-state index contributed by atoms with van der Waals surface area (Å²) in [5.74, 6) is -0.869. The SMILES string of the molecule is COC(=O)C(CN1CCCCC1)c1ccc(F)cc1. The van der Waals surface area contributed by atoms with Crippen molar-refractivity contribution < 1.29 is 13.9 Å². The van der Waals surface area contributed by atoms with E-state index in [0.29, 0.717) is 6.54 Å². The van der Waals surface area contributed by atoms with Crippen LogP contribution in [-0.2, 0) is 9.53 Å². The second kappa shape index (κ2) is 6.66. The molecule has 0 spiro atoms. The first kappa shape index (κ1) is 14.0. The first-order valence-corrected chi connectivity index (χ1v) is 6.76. The minimum Gasteiger partial charge on any atom is -0.469 e. The van der Waals surface area contributed by atoms with E-state index in [1.807, 2.05) is 0 Å². The standard InChI is InChI=1S/C15H20FNO2/c1-19-15(18)14(11-17-9-3-2-4-10-17)12-5-7-13(16)8-6-12/h5-8,14H,2-4,9-11H2,1H3. The molecule has 1 aromatic carbocycles. The summed E-state index contributed by atoms with van der Waals surface area (Å²) in [7, 11) is 1.40. The highest BCUT2D eigenvalue weighted by atomic mass is 19.1. The Labute approximate surface area is 113 Å². The number of halogens is 1. The quantitative estimate of drug-likeness (QED) is 0.784. The van der Waals surface area contributed by atoms with Crippen molar-refractivity contribution in [3.63, 3.8) is 0 Å². The zero-order valence-electron chi connectivity index (χ0n) is 11.3. The normalized spacial score (nSPS) is 18.0. The van der Waals surface area contributed by atoms with Crippen LogP contribution in [0.2, 0.25) is 0 Å². The summed E-state index contributed by atoms with van der Waals surface area (Å²) in [5, 5.41) is 0. The molecule has 0 aliphatic carbocycles. The zero-order valence-corrected chi connectivity index (χ0v) is 11.3. The molecule has 1 heterocycles. The maximum atomic E-state index is 13.0. The number of methoxy groups -OCH3 is 1. The first-order valence-electron chi connectivity index (χ1n) is 6.76. The van der Waals surface area contributed by atoms with Gasteiger partial charge in [0, 0.05) is 6.54 Å². The predicted octanol–water partition coefficient (Wildman–Crippen LogP) is 2.57. The highest BCUT2D eigenvalue weighted by Crippen LogP contribution is 2.21. The van der Waals surface area contributed by atoms with Crippen LogP contribution >= 0.6 is 0 Å². The lowest BCUT2D eigenvalue weighted by Gasteiger charge is -2.29. The fourth-order valence-electron chi connectivity index (χ4n) is 2.55. The highest BCUT2D eigenvalue weighted by Gasteiger charge is 2.25. The molecule has 1 aliphatic rings. The number of carbonyl (C=O) groups excluding carboxylic acids is 1. The van der Waals surface area contributed by atoms with Crippen molar-refractivity contribution in [2.75, 3.05) is 26.7 Å². The fourth-order valence-corrected chi connectivity index (χ4v) is 2.55. The molecule has 1 aromatic rings. The number of likely N-dealkylation sites (tertiary alicyclic amines) is 1. The van der Waals surface area contributed by atoms with Crippen LogP contribution in [0.25, 0.3) is 0 Å². The number of rotatable bonds is 4. The van der Waals surface area contributed by atoms with Crippen LogP contribution in [0.1, 0.15) is 30.7 Å². The van der Waals surface area contributed by atoms with Crippen molar-refractivity contribution in [2.24, 2.45) is 0 Å². The van der Waals surface area contributed by atoms with Crippen molar-refractivity contribution in [1.82, 2.24) is 4.90 Å². The molecule has 0 amide bonds. The predicted molar refractivity (Wildman–Crippen MR) is 71.4 cm³/mol. The molecule has 0 saturated carbocycles. The van der Waals surface area contributed by atoms with Gasteiger partial charge in [-0.25, -0.2) is 4.39 Å². The second-order valence-electron chi connectivity index (χ2n) is 4.99. The zero-order chi connectivity index (χ0) is 13.7. The van der Waals surface area contributed by atoms with E-state index in [1.165, 1.54) is 38.5 Å². The third-order valence-corrected chi connectivity index (χ3v) is 3.65. The Hall–Kier alpha value is -1.42. The van der Waals surface area contributed by atoms with Crippen LogP contribution in [0.5, 0.6) is 0 Å². The third-order valence-electron chi connectivity index (χ3n) is 3.65. The summed E-state index contributed by atoms with van der Waals surface area (Å²) in [5.41, 5.74) is 0.818. The summed E-state index contributed by atoms with van der Waals surface area (Å²) in [6.07, 6.45) is 3.62. The number of hydrogen-bond acceptors (Lipinski definition) is 3. The first-order chi connectivity index (χ1) is 9.20. The average Bonchev–Trinajstić information content (AvgIpc) is 2.46. The molecule has 3 nitrogen and oxygen atoms in total. The average molecular weight is 265 g/mol. The smallest absolute Gasteiger partial charge is 0.314 e. The Kier molecular flexibility index (Phi) is 4.91. The molecule has 0 radical (unpaired) electrons. The molecule has 4 heteroatoms. The van der Waals surface area contributed by atoms with Crippen LogP contribution in [0.3, 0.4) is 0 Å². The van der Waals surface area contributed by atoms with Crippen molar-refractivity contribution in [1.29, 1.82) is 0 Å². The van der Waals surface area contributed by atoms with E-state index in [0.717, 1.165) is 18.7 Å². The third kappa shape index (κ3) is 3.77. The van der Waals surface area contributed by atoms with E-state index >= 15 is 0 Å². The second-order valence-corrected chi connectivity index (χ2v) is 4.99. The lowest BCUT2D eigenvalue weighted by Crippen LogP contribution is -2.36. The minimum atomic E-state index is -0.330. The maximum absolute atomic E-state index is 13.0. The van der Waals surface area contributed by atoms with Gasteiger partial charge >= 0.3 is 5.97 Å². The number of carbonyl (C=O) groups is 1. The molecule has 104 valence electrons. The molecule has 1 saturated heterocycles. The van der Waals surface area contributed by atoms with Gasteiger partial charge in [0.25, 0.3) is 0 Å². The number of piperidine rings is 1. The summed E-state index contributed by atoms with van der Waals surface area (Å²) < 4.78 is 17.8. The number of hydrogen-bond donors (Lipinski definition) is 0. The van der Waals surface area contributed by atoms with Crippen LogP contribution < -0.4 is 0 Å². The molecular weight excluding hydrogens is 245 g/mol. The van der Waals surface area contributed by atoms with E-state index in [2.05, 4.69) is 4.90 Å². The van der Waals surface area contributed by atoms with E-state index in [4.69, 9.17) is 4.74 Å². The number of benzene rings is 1. The van der Waals surface area contributed by atoms with Gasteiger partial charge in [0.1, 0.15) is 5.82 Å². The number of ether oxygens (including phenoxy) is 1. The molecule has 0 N–H and O–H groups in total. The van der Waals surface area contributed by atoms with Crippen molar-refractivity contribution in [2.45, 2.75) is 25.2 Å². The van der Waals surface area contributed by atoms with Gasteiger partial charge in [-0.05, 0) is 43.6 Å². The summed E-state index contributed by atoms with van der Waals surface area (Å²) in [4.78, 5) is 14.2. The molecule has 1 atom stereocenters. The number of nitrogens with zero attached hydrogens (tertiary/aromatic N) is 1. The highest BCUT2D eigenvalue weighted by molar-refractivity contribution is 5.78. The number of esters is 1. The molecule has 2 rings (SSSR count). The van der Waals surface area contributed by atoms with Gasteiger partial charge in [0.05, 0.1) is 13.0 Å². The van der Waals surface area contributed by atoms with Crippen molar-refractivity contribution in [3.05, 3.63) is 35.6 Å². The molecular formula is C15H20FNO2. The van der Waals surface area contributed by atoms with Crippen molar-refractivity contribution >= 4 is 5.97 Å². The van der Waals surface area contributed by atoms with Gasteiger partial charge in [-0.2, -0.15) is 0 Å². The topological polar surface area (TPSA) is 29.5 Å². The van der Waals surface area contributed by atoms with E-state index in [9.17, 15) is 9.18 Å². The molecule has 0 bridgehead atoms. The van der Waals surface area contributed by atoms with Crippen LogP contribution in [0, 0.1) is 5.82 Å². The lowest BCUT2D eigenvalue weighted by molar-refractivity contribution is -0.143. The lowest BCUT2D eigenvalue weighted by atomic mass is 9.97. The van der Waals surface area contributed by atoms with Crippen molar-refractivity contribution in [3.8, 4) is 0 Å². The van der Waals surface area contributed by atoms with Crippen LogP contribution in [0.15, 0.2) is 24.3 Å². The van der Waals surface area contributed by atoms with E-state index < -0.39 is 0 Å². The van der Waals surface area contributed by atoms with Gasteiger partial charge in [-0.3, -0.25) is 4.79 Å². The molecule has 0 aromatic heterocycles. The van der Waals surface area contributed by atoms with Gasteiger partial charge in [0.15, 0.2) is 0 Å². The Morgan fingerprint density at radius 1 is 1.26 bits per heavy atom. The largest absolute Gasteiger partial charge is 0.469 e. The maximum Gasteiger partial charge on any atom is 0.314 e.